The highest BCUT2D eigenvalue weighted by Crippen LogP contribution is 2.15. The number of pyridine rings is 2. The van der Waals surface area contributed by atoms with E-state index in [0.717, 1.165) is 11.0 Å². The smallest absolute Gasteiger partial charge is 0.437 e. The molecule has 11 nitrogen and oxygen atoms in total. The number of carbonyl (C=O) groups is 3. The monoisotopic (exact) mass is 460 g/mol. The largest absolute Gasteiger partial charge is 0.478 e. The maximum atomic E-state index is 12.8. The average Bonchev–Trinajstić information content (AvgIpc) is 2.62. The molecular weight excluding hydrogens is 432 g/mol. The summed E-state index contributed by atoms with van der Waals surface area (Å²) in [5, 5.41) is 9.13. The molecule has 0 aliphatic heterocycles. The minimum Gasteiger partial charge on any atom is -0.478 e. The van der Waals surface area contributed by atoms with Gasteiger partial charge in [-0.05, 0) is 59.2 Å². The third kappa shape index (κ3) is 7.34. The third-order valence-electron chi connectivity index (χ3n) is 3.94. The first-order chi connectivity index (χ1) is 15.1. The number of nitrogens with zero attached hydrogens (tertiary/aromatic N) is 3. The van der Waals surface area contributed by atoms with Gasteiger partial charge in [0.05, 0.1) is 12.1 Å². The number of aliphatic imine (C=N–C) groups is 1. The Hall–Kier alpha value is -3.89. The van der Waals surface area contributed by atoms with Crippen LogP contribution in [-0.2, 0) is 16.0 Å². The lowest BCUT2D eigenvalue weighted by molar-refractivity contribution is 0.0355. The van der Waals surface area contributed by atoms with E-state index in [4.69, 9.17) is 20.3 Å². The van der Waals surface area contributed by atoms with Crippen molar-refractivity contribution in [2.75, 3.05) is 0 Å². The lowest BCUT2D eigenvalue weighted by atomic mass is 10.2. The Morgan fingerprint density at radius 2 is 1.67 bits per heavy atom. The standard InChI is InChI=1S/C22H28N4O7/c1-21(2,3)32-19(30)24-18(23)26(20(31)33-22(4,5)6)12-13-7-8-15-9-14(17(28)29)10-16(27)25(15)11-13/h7-11H,12H2,1-6H3,(H,28,29)(H2,23,24,30). The highest BCUT2D eigenvalue weighted by atomic mass is 16.6. The second-order valence-corrected chi connectivity index (χ2v) is 9.24. The molecule has 2 aromatic heterocycles. The molecule has 0 unspecified atom stereocenters. The predicted octanol–water partition coefficient (Wildman–Crippen LogP) is 2.98. The number of aromatic nitrogens is 1. The van der Waals surface area contributed by atoms with Gasteiger partial charge in [-0.25, -0.2) is 19.3 Å². The Balaban J connectivity index is 2.44. The number of guanidine groups is 1. The average molecular weight is 460 g/mol. The second kappa shape index (κ2) is 9.31. The molecule has 2 amide bonds. The van der Waals surface area contributed by atoms with E-state index in [9.17, 15) is 19.2 Å². The molecule has 3 N–H and O–H groups in total. The van der Waals surface area contributed by atoms with Crippen LogP contribution in [0.2, 0.25) is 0 Å². The van der Waals surface area contributed by atoms with Crippen LogP contribution in [0.4, 0.5) is 9.59 Å². The SMILES string of the molecule is CC(C)(C)OC(=O)/N=C(\N)N(Cc1ccc2cc(C(=O)O)cc(=O)n2c1)C(=O)OC(C)(C)C. The fraction of sp³-hybridized carbons (Fsp3) is 0.409. The molecule has 2 rings (SSSR count). The molecule has 0 radical (unpaired) electrons. The van der Waals surface area contributed by atoms with Crippen LogP contribution in [-0.4, -0.2) is 49.7 Å². The van der Waals surface area contributed by atoms with Crippen molar-refractivity contribution in [3.05, 3.63) is 51.9 Å². The van der Waals surface area contributed by atoms with Gasteiger partial charge in [-0.1, -0.05) is 6.07 Å². The molecule has 0 atom stereocenters. The number of fused-ring (bicyclic) bond motifs is 1. The zero-order valence-electron chi connectivity index (χ0n) is 19.4. The molecule has 2 heterocycles. The number of hydrogen-bond acceptors (Lipinski definition) is 6. The van der Waals surface area contributed by atoms with Crippen LogP contribution in [0.1, 0.15) is 57.5 Å². The van der Waals surface area contributed by atoms with E-state index >= 15 is 0 Å². The van der Waals surface area contributed by atoms with E-state index in [-0.39, 0.29) is 12.1 Å². The fourth-order valence-electron chi connectivity index (χ4n) is 2.66. The molecule has 0 fully saturated rings. The van der Waals surface area contributed by atoms with Crippen LogP contribution in [0.15, 0.2) is 40.2 Å². The molecular formula is C22H28N4O7. The molecule has 0 saturated carbocycles. The lowest BCUT2D eigenvalue weighted by Crippen LogP contribution is -2.45. The van der Waals surface area contributed by atoms with Crippen molar-refractivity contribution in [1.29, 1.82) is 0 Å². The molecule has 0 bridgehead atoms. The summed E-state index contributed by atoms with van der Waals surface area (Å²) in [6.45, 7) is 9.79. The number of carboxylic acid groups (broad SMARTS) is 1. The van der Waals surface area contributed by atoms with Gasteiger partial charge in [0.1, 0.15) is 11.2 Å². The van der Waals surface area contributed by atoms with Gasteiger partial charge in [0.2, 0.25) is 5.96 Å². The molecule has 11 heteroatoms. The van der Waals surface area contributed by atoms with Crippen molar-refractivity contribution in [1.82, 2.24) is 9.30 Å². The van der Waals surface area contributed by atoms with Crippen LogP contribution in [0.3, 0.4) is 0 Å². The zero-order valence-corrected chi connectivity index (χ0v) is 19.4. The maximum absolute atomic E-state index is 12.8. The fourth-order valence-corrected chi connectivity index (χ4v) is 2.66. The number of carbonyl (C=O) groups excluding carboxylic acids is 2. The topological polar surface area (TPSA) is 153 Å². The number of amides is 2. The van der Waals surface area contributed by atoms with Crippen molar-refractivity contribution in [2.24, 2.45) is 10.7 Å². The Morgan fingerprint density at radius 1 is 1.06 bits per heavy atom. The molecule has 0 aromatic carbocycles. The number of nitrogens with two attached hydrogens (primary N) is 1. The zero-order chi connectivity index (χ0) is 25.1. The van der Waals surface area contributed by atoms with E-state index in [0.29, 0.717) is 11.1 Å². The first kappa shape index (κ1) is 25.4. The Bertz CT molecular complexity index is 1170. The third-order valence-corrected chi connectivity index (χ3v) is 3.94. The summed E-state index contributed by atoms with van der Waals surface area (Å²) in [4.78, 5) is 53.0. The Kier molecular flexibility index (Phi) is 7.16. The lowest BCUT2D eigenvalue weighted by Gasteiger charge is -2.27. The summed E-state index contributed by atoms with van der Waals surface area (Å²) in [6.07, 6.45) is -0.410. The van der Waals surface area contributed by atoms with Crippen LogP contribution >= 0.6 is 0 Å². The summed E-state index contributed by atoms with van der Waals surface area (Å²) < 4.78 is 11.7. The highest BCUT2D eigenvalue weighted by molar-refractivity contribution is 5.98. The van der Waals surface area contributed by atoms with E-state index < -0.39 is 40.9 Å². The molecule has 0 saturated heterocycles. The van der Waals surface area contributed by atoms with E-state index in [2.05, 4.69) is 4.99 Å². The van der Waals surface area contributed by atoms with Crippen molar-refractivity contribution in [3.8, 4) is 0 Å². The number of rotatable bonds is 3. The minimum atomic E-state index is -1.22. The number of hydrogen-bond donors (Lipinski definition) is 2. The Labute approximate surface area is 190 Å². The summed E-state index contributed by atoms with van der Waals surface area (Å²) in [5.74, 6) is -1.67. The van der Waals surface area contributed by atoms with Gasteiger partial charge < -0.3 is 20.3 Å². The summed E-state index contributed by atoms with van der Waals surface area (Å²) in [6, 6.07) is 5.44. The minimum absolute atomic E-state index is 0.142. The van der Waals surface area contributed by atoms with Crippen molar-refractivity contribution < 1.29 is 29.0 Å². The predicted molar refractivity (Wildman–Crippen MR) is 120 cm³/mol. The van der Waals surface area contributed by atoms with Gasteiger partial charge >= 0.3 is 18.2 Å². The van der Waals surface area contributed by atoms with Crippen LogP contribution < -0.4 is 11.3 Å². The van der Waals surface area contributed by atoms with E-state index in [1.807, 2.05) is 0 Å². The maximum Gasteiger partial charge on any atom is 0.437 e. The van der Waals surface area contributed by atoms with Crippen LogP contribution in [0.25, 0.3) is 5.52 Å². The summed E-state index contributed by atoms with van der Waals surface area (Å²) >= 11 is 0. The highest BCUT2D eigenvalue weighted by Gasteiger charge is 2.26. The summed E-state index contributed by atoms with van der Waals surface area (Å²) in [7, 11) is 0. The quantitative estimate of drug-likeness (QED) is 0.523. The second-order valence-electron chi connectivity index (χ2n) is 9.24. The normalized spacial score (nSPS) is 12.4. The van der Waals surface area contributed by atoms with Crippen LogP contribution in [0, 0.1) is 0 Å². The summed E-state index contributed by atoms with van der Waals surface area (Å²) in [5.41, 5.74) is 4.37. The van der Waals surface area contributed by atoms with Crippen molar-refractivity contribution in [2.45, 2.75) is 59.3 Å². The number of ether oxygens (including phenoxy) is 2. The van der Waals surface area contributed by atoms with Gasteiger partial charge in [-0.3, -0.25) is 9.20 Å². The van der Waals surface area contributed by atoms with Gasteiger partial charge in [0.25, 0.3) is 5.56 Å². The van der Waals surface area contributed by atoms with Gasteiger partial charge in [-0.15, -0.1) is 4.99 Å². The molecule has 2 aromatic rings. The molecule has 0 aliphatic carbocycles. The van der Waals surface area contributed by atoms with Gasteiger partial charge in [0, 0.05) is 17.8 Å². The molecule has 0 aliphatic rings. The number of carboxylic acids is 1. The van der Waals surface area contributed by atoms with E-state index in [1.165, 1.54) is 22.7 Å². The molecule has 33 heavy (non-hydrogen) atoms. The molecule has 0 spiro atoms. The Morgan fingerprint density at radius 3 is 2.21 bits per heavy atom. The number of aromatic carboxylic acids is 1. The van der Waals surface area contributed by atoms with E-state index in [1.54, 1.807) is 47.6 Å². The molecule has 178 valence electrons. The van der Waals surface area contributed by atoms with Crippen LogP contribution in [0.5, 0.6) is 0 Å². The first-order valence-corrected chi connectivity index (χ1v) is 10.0. The first-order valence-electron chi connectivity index (χ1n) is 10.0. The van der Waals surface area contributed by atoms with Crippen molar-refractivity contribution in [3.63, 3.8) is 0 Å². The van der Waals surface area contributed by atoms with Gasteiger partial charge in [-0.2, -0.15) is 0 Å². The van der Waals surface area contributed by atoms with Gasteiger partial charge in [0.15, 0.2) is 0 Å². The van der Waals surface area contributed by atoms with Crippen molar-refractivity contribution >= 4 is 29.6 Å².